The molecule has 0 heterocycles. The highest BCUT2D eigenvalue weighted by atomic mass is 35.5. The van der Waals surface area contributed by atoms with Crippen LogP contribution in [0.15, 0.2) is 54.6 Å². The van der Waals surface area contributed by atoms with Crippen LogP contribution in [0.2, 0.25) is 5.02 Å². The molecular weight excluding hydrogens is 358 g/mol. The van der Waals surface area contributed by atoms with E-state index in [4.69, 9.17) is 11.6 Å². The van der Waals surface area contributed by atoms with Gasteiger partial charge in [-0.2, -0.15) is 0 Å². The standard InChI is InChI=1S/C19H22ClNO3S/c1-15(17-10-5-11-18(20)13-17)21-19(22)14-25(23,24)12-6-9-16-7-3-2-4-8-16/h2-5,7-8,10-11,13,15H,6,9,12,14H2,1H3,(H,21,22). The van der Waals surface area contributed by atoms with Crippen molar-refractivity contribution in [2.45, 2.75) is 25.8 Å². The van der Waals surface area contributed by atoms with E-state index >= 15 is 0 Å². The molecule has 6 heteroatoms. The van der Waals surface area contributed by atoms with Gasteiger partial charge >= 0.3 is 0 Å². The Morgan fingerprint density at radius 2 is 1.84 bits per heavy atom. The molecule has 4 nitrogen and oxygen atoms in total. The van der Waals surface area contributed by atoms with Gasteiger partial charge in [0.05, 0.1) is 11.8 Å². The number of hydrogen-bond acceptors (Lipinski definition) is 3. The predicted molar refractivity (Wildman–Crippen MR) is 101 cm³/mol. The van der Waals surface area contributed by atoms with Gasteiger partial charge in [-0.1, -0.05) is 54.1 Å². The van der Waals surface area contributed by atoms with E-state index < -0.39 is 21.5 Å². The lowest BCUT2D eigenvalue weighted by Gasteiger charge is -2.14. The molecule has 0 aliphatic carbocycles. The van der Waals surface area contributed by atoms with Crippen molar-refractivity contribution in [1.29, 1.82) is 0 Å². The number of halogens is 1. The Balaban J connectivity index is 1.82. The molecule has 0 spiro atoms. The van der Waals surface area contributed by atoms with E-state index in [1.54, 1.807) is 25.1 Å². The largest absolute Gasteiger partial charge is 0.349 e. The van der Waals surface area contributed by atoms with Crippen molar-refractivity contribution >= 4 is 27.3 Å². The van der Waals surface area contributed by atoms with Crippen LogP contribution in [-0.4, -0.2) is 25.8 Å². The molecule has 0 saturated heterocycles. The zero-order valence-electron chi connectivity index (χ0n) is 14.1. The maximum Gasteiger partial charge on any atom is 0.235 e. The van der Waals surface area contributed by atoms with Gasteiger partial charge < -0.3 is 5.32 Å². The molecule has 0 aliphatic rings. The van der Waals surface area contributed by atoms with Gasteiger partial charge in [-0.15, -0.1) is 0 Å². The first kappa shape index (κ1) is 19.5. The molecule has 0 aliphatic heterocycles. The van der Waals surface area contributed by atoms with Crippen molar-refractivity contribution in [3.05, 3.63) is 70.7 Å². The number of amides is 1. The summed E-state index contributed by atoms with van der Waals surface area (Å²) in [4.78, 5) is 12.0. The number of nitrogens with one attached hydrogen (secondary N) is 1. The molecule has 0 bridgehead atoms. The van der Waals surface area contributed by atoms with Gasteiger partial charge in [0.15, 0.2) is 9.84 Å². The highest BCUT2D eigenvalue weighted by molar-refractivity contribution is 7.92. The summed E-state index contributed by atoms with van der Waals surface area (Å²) in [5.74, 6) is -0.986. The van der Waals surface area contributed by atoms with Crippen LogP contribution in [0.3, 0.4) is 0 Å². The molecule has 0 fully saturated rings. The van der Waals surface area contributed by atoms with Gasteiger partial charge in [-0.25, -0.2) is 8.42 Å². The van der Waals surface area contributed by atoms with Gasteiger partial charge in [0, 0.05) is 5.02 Å². The molecule has 25 heavy (non-hydrogen) atoms. The average Bonchev–Trinajstić information content (AvgIpc) is 2.55. The Bertz CT molecular complexity index is 806. The summed E-state index contributed by atoms with van der Waals surface area (Å²) in [7, 11) is -3.43. The summed E-state index contributed by atoms with van der Waals surface area (Å²) >= 11 is 5.93. The van der Waals surface area contributed by atoms with E-state index in [0.29, 0.717) is 17.9 Å². The lowest BCUT2D eigenvalue weighted by atomic mass is 10.1. The quantitative estimate of drug-likeness (QED) is 0.762. The number of sulfone groups is 1. The smallest absolute Gasteiger partial charge is 0.235 e. The lowest BCUT2D eigenvalue weighted by molar-refractivity contribution is -0.119. The maximum absolute atomic E-state index is 12.1. The Hall–Kier alpha value is -1.85. The summed E-state index contributed by atoms with van der Waals surface area (Å²) in [6.07, 6.45) is 1.18. The van der Waals surface area contributed by atoms with Crippen molar-refractivity contribution in [1.82, 2.24) is 5.32 Å². The minimum absolute atomic E-state index is 0.000854. The van der Waals surface area contributed by atoms with Crippen molar-refractivity contribution < 1.29 is 13.2 Å². The van der Waals surface area contributed by atoms with Gasteiger partial charge in [0.25, 0.3) is 0 Å². The van der Waals surface area contributed by atoms with Crippen LogP contribution >= 0.6 is 11.6 Å². The fraction of sp³-hybridized carbons (Fsp3) is 0.316. The summed E-state index contributed by atoms with van der Waals surface area (Å²) in [6, 6.07) is 16.5. The van der Waals surface area contributed by atoms with Gasteiger partial charge in [0.1, 0.15) is 5.75 Å². The van der Waals surface area contributed by atoms with E-state index in [9.17, 15) is 13.2 Å². The van der Waals surface area contributed by atoms with E-state index in [0.717, 1.165) is 11.1 Å². The number of carbonyl (C=O) groups is 1. The van der Waals surface area contributed by atoms with E-state index in [1.807, 2.05) is 36.4 Å². The number of benzene rings is 2. The highest BCUT2D eigenvalue weighted by Gasteiger charge is 2.18. The van der Waals surface area contributed by atoms with E-state index in [-0.39, 0.29) is 11.8 Å². The van der Waals surface area contributed by atoms with Crippen molar-refractivity contribution in [3.8, 4) is 0 Å². The summed E-state index contributed by atoms with van der Waals surface area (Å²) in [5, 5.41) is 3.29. The molecule has 1 atom stereocenters. The molecule has 0 radical (unpaired) electrons. The maximum atomic E-state index is 12.1. The zero-order chi connectivity index (χ0) is 18.3. The molecule has 2 aromatic rings. The third-order valence-corrected chi connectivity index (χ3v) is 5.69. The first-order valence-corrected chi connectivity index (χ1v) is 10.3. The topological polar surface area (TPSA) is 63.2 Å². The summed E-state index contributed by atoms with van der Waals surface area (Å²) in [5.41, 5.74) is 1.93. The number of carbonyl (C=O) groups excluding carboxylic acids is 1. The molecule has 1 unspecified atom stereocenters. The van der Waals surface area contributed by atoms with Crippen LogP contribution in [0.4, 0.5) is 0 Å². The average molecular weight is 380 g/mol. The first-order chi connectivity index (χ1) is 11.9. The predicted octanol–water partition coefficient (Wildman–Crippen LogP) is 3.56. The fourth-order valence-electron chi connectivity index (χ4n) is 2.56. The molecule has 2 rings (SSSR count). The number of aryl methyl sites for hydroxylation is 1. The minimum atomic E-state index is -3.43. The Kier molecular flexibility index (Phi) is 7.02. The van der Waals surface area contributed by atoms with Crippen LogP contribution in [-0.2, 0) is 21.1 Å². The molecule has 1 N–H and O–H groups in total. The molecule has 134 valence electrons. The third-order valence-electron chi connectivity index (χ3n) is 3.84. The van der Waals surface area contributed by atoms with E-state index in [1.165, 1.54) is 0 Å². The summed E-state index contributed by atoms with van der Waals surface area (Å²) < 4.78 is 24.2. The lowest BCUT2D eigenvalue weighted by Crippen LogP contribution is -2.33. The van der Waals surface area contributed by atoms with Crippen molar-refractivity contribution in [3.63, 3.8) is 0 Å². The highest BCUT2D eigenvalue weighted by Crippen LogP contribution is 2.17. The summed E-state index contributed by atoms with van der Waals surface area (Å²) in [6.45, 7) is 1.80. The second-order valence-electron chi connectivity index (χ2n) is 6.03. The van der Waals surface area contributed by atoms with Crippen molar-refractivity contribution in [2.75, 3.05) is 11.5 Å². The molecule has 2 aromatic carbocycles. The monoisotopic (exact) mass is 379 g/mol. The number of hydrogen-bond donors (Lipinski definition) is 1. The van der Waals surface area contributed by atoms with E-state index in [2.05, 4.69) is 5.32 Å². The van der Waals surface area contributed by atoms with Crippen LogP contribution in [0, 0.1) is 0 Å². The van der Waals surface area contributed by atoms with Gasteiger partial charge in [0.2, 0.25) is 5.91 Å². The number of rotatable bonds is 8. The third kappa shape index (κ3) is 6.88. The Labute approximate surface area is 154 Å². The molecular formula is C19H22ClNO3S. The van der Waals surface area contributed by atoms with Crippen LogP contribution in [0.1, 0.15) is 30.5 Å². The van der Waals surface area contributed by atoms with Crippen LogP contribution in [0.25, 0.3) is 0 Å². The Morgan fingerprint density at radius 3 is 2.52 bits per heavy atom. The molecule has 0 saturated carbocycles. The molecule has 1 amide bonds. The Morgan fingerprint density at radius 1 is 1.12 bits per heavy atom. The van der Waals surface area contributed by atoms with Crippen LogP contribution < -0.4 is 5.32 Å². The zero-order valence-corrected chi connectivity index (χ0v) is 15.7. The SMILES string of the molecule is CC(NC(=O)CS(=O)(=O)CCCc1ccccc1)c1cccc(Cl)c1. The van der Waals surface area contributed by atoms with Gasteiger partial charge in [-0.3, -0.25) is 4.79 Å². The first-order valence-electron chi connectivity index (χ1n) is 8.15. The fourth-order valence-corrected chi connectivity index (χ4v) is 3.97. The molecule has 0 aromatic heterocycles. The second-order valence-corrected chi connectivity index (χ2v) is 8.65. The van der Waals surface area contributed by atoms with Crippen LogP contribution in [0.5, 0.6) is 0 Å². The second kappa shape index (κ2) is 9.02. The normalized spacial score (nSPS) is 12.6. The minimum Gasteiger partial charge on any atom is -0.349 e. The van der Waals surface area contributed by atoms with Crippen molar-refractivity contribution in [2.24, 2.45) is 0 Å². The van der Waals surface area contributed by atoms with Gasteiger partial charge in [-0.05, 0) is 43.0 Å².